The van der Waals surface area contributed by atoms with Crippen LogP contribution in [0.2, 0.25) is 5.02 Å². The van der Waals surface area contributed by atoms with Gasteiger partial charge in [0.2, 0.25) is 10.0 Å². The second-order valence-electron chi connectivity index (χ2n) is 7.14. The molecule has 1 aliphatic rings. The summed E-state index contributed by atoms with van der Waals surface area (Å²) in [5, 5.41) is 4.86. The Morgan fingerprint density at radius 1 is 0.938 bits per heavy atom. The average molecular weight is 490 g/mol. The molecular formula is C22H20ClN3O4S2. The van der Waals surface area contributed by atoms with Crippen molar-refractivity contribution in [3.05, 3.63) is 81.5 Å². The topological polar surface area (TPSA) is 86.8 Å². The summed E-state index contributed by atoms with van der Waals surface area (Å²) in [5.41, 5.74) is 0.719. The summed E-state index contributed by atoms with van der Waals surface area (Å²) in [4.78, 5) is 27.7. The van der Waals surface area contributed by atoms with Crippen LogP contribution >= 0.6 is 22.9 Å². The number of thiophene rings is 1. The Morgan fingerprint density at radius 3 is 2.31 bits per heavy atom. The molecule has 2 aromatic carbocycles. The molecule has 166 valence electrons. The van der Waals surface area contributed by atoms with Crippen molar-refractivity contribution in [2.45, 2.75) is 4.90 Å². The molecule has 0 aliphatic carbocycles. The highest BCUT2D eigenvalue weighted by Crippen LogP contribution is 2.26. The molecule has 7 nitrogen and oxygen atoms in total. The quantitative estimate of drug-likeness (QED) is 0.590. The van der Waals surface area contributed by atoms with Gasteiger partial charge in [-0.3, -0.25) is 9.59 Å². The SMILES string of the molecule is O=C(Nc1cc(C(=O)N2CCN(S(=O)(=O)c3ccccc3)CC2)ccc1Cl)c1cccs1. The van der Waals surface area contributed by atoms with Crippen LogP contribution in [0.15, 0.2) is 70.9 Å². The highest BCUT2D eigenvalue weighted by atomic mass is 35.5. The highest BCUT2D eigenvalue weighted by Gasteiger charge is 2.30. The number of amides is 2. The van der Waals surface area contributed by atoms with Gasteiger partial charge >= 0.3 is 0 Å². The van der Waals surface area contributed by atoms with E-state index in [9.17, 15) is 18.0 Å². The second-order valence-corrected chi connectivity index (χ2v) is 10.4. The summed E-state index contributed by atoms with van der Waals surface area (Å²) in [6.07, 6.45) is 0. The first-order valence-corrected chi connectivity index (χ1v) is 12.5. The molecule has 4 rings (SSSR count). The van der Waals surface area contributed by atoms with E-state index < -0.39 is 10.0 Å². The van der Waals surface area contributed by atoms with E-state index in [0.717, 1.165) is 0 Å². The zero-order valence-corrected chi connectivity index (χ0v) is 19.3. The molecule has 1 fully saturated rings. The number of nitrogens with zero attached hydrogens (tertiary/aromatic N) is 2. The third-order valence-corrected chi connectivity index (χ3v) is 8.22. The third-order valence-electron chi connectivity index (χ3n) is 5.11. The van der Waals surface area contributed by atoms with Crippen LogP contribution < -0.4 is 5.32 Å². The molecule has 2 heterocycles. The minimum atomic E-state index is -3.59. The van der Waals surface area contributed by atoms with E-state index in [1.54, 1.807) is 70.9 Å². The van der Waals surface area contributed by atoms with E-state index in [-0.39, 0.29) is 42.9 Å². The van der Waals surface area contributed by atoms with Crippen molar-refractivity contribution >= 4 is 50.5 Å². The maximum Gasteiger partial charge on any atom is 0.265 e. The second kappa shape index (κ2) is 9.41. The van der Waals surface area contributed by atoms with Gasteiger partial charge in [-0.15, -0.1) is 11.3 Å². The van der Waals surface area contributed by atoms with Gasteiger partial charge in [-0.1, -0.05) is 35.9 Å². The van der Waals surface area contributed by atoms with Gasteiger partial charge in [0, 0.05) is 31.7 Å². The van der Waals surface area contributed by atoms with Crippen LogP contribution in [0.5, 0.6) is 0 Å². The predicted octanol–water partition coefficient (Wildman–Crippen LogP) is 3.80. The van der Waals surface area contributed by atoms with Crippen LogP contribution in [-0.2, 0) is 10.0 Å². The molecule has 32 heavy (non-hydrogen) atoms. The summed E-state index contributed by atoms with van der Waals surface area (Å²) >= 11 is 7.52. The standard InChI is InChI=1S/C22H20ClN3O4S2/c23-18-9-8-16(15-19(18)24-21(27)20-7-4-14-31-20)22(28)25-10-12-26(13-11-25)32(29,30)17-5-2-1-3-6-17/h1-9,14-15H,10-13H2,(H,24,27). The summed E-state index contributed by atoms with van der Waals surface area (Å²) in [6, 6.07) is 16.4. The van der Waals surface area contributed by atoms with Gasteiger partial charge in [0.25, 0.3) is 11.8 Å². The summed E-state index contributed by atoms with van der Waals surface area (Å²) in [6.45, 7) is 0.950. The number of benzene rings is 2. The average Bonchev–Trinajstić information content (AvgIpc) is 3.36. The van der Waals surface area contributed by atoms with Crippen molar-refractivity contribution in [2.75, 3.05) is 31.5 Å². The molecule has 0 radical (unpaired) electrons. The lowest BCUT2D eigenvalue weighted by Gasteiger charge is -2.34. The Morgan fingerprint density at radius 2 is 1.66 bits per heavy atom. The molecule has 1 N–H and O–H groups in total. The molecule has 0 saturated carbocycles. The Balaban J connectivity index is 1.44. The number of hydrogen-bond acceptors (Lipinski definition) is 5. The molecule has 0 atom stereocenters. The van der Waals surface area contributed by atoms with Crippen LogP contribution in [0.3, 0.4) is 0 Å². The van der Waals surface area contributed by atoms with Gasteiger partial charge in [0.05, 0.1) is 20.5 Å². The fourth-order valence-corrected chi connectivity index (χ4v) is 5.63. The normalized spacial score (nSPS) is 14.8. The third kappa shape index (κ3) is 4.71. The van der Waals surface area contributed by atoms with E-state index in [1.807, 2.05) is 0 Å². The fraction of sp³-hybridized carbons (Fsp3) is 0.182. The van der Waals surface area contributed by atoms with Gasteiger partial charge in [0.15, 0.2) is 0 Å². The Bertz CT molecular complexity index is 1220. The molecule has 0 unspecified atom stereocenters. The van der Waals surface area contributed by atoms with E-state index in [4.69, 9.17) is 11.6 Å². The van der Waals surface area contributed by atoms with Crippen LogP contribution in [0.25, 0.3) is 0 Å². The van der Waals surface area contributed by atoms with E-state index in [2.05, 4.69) is 5.32 Å². The van der Waals surface area contributed by atoms with Gasteiger partial charge in [-0.05, 0) is 41.8 Å². The summed E-state index contributed by atoms with van der Waals surface area (Å²) < 4.78 is 27.0. The fourth-order valence-electron chi connectivity index (χ4n) is 3.40. The number of halogens is 1. The van der Waals surface area contributed by atoms with Crippen molar-refractivity contribution in [3.63, 3.8) is 0 Å². The van der Waals surface area contributed by atoms with Gasteiger partial charge in [-0.2, -0.15) is 4.31 Å². The van der Waals surface area contributed by atoms with Gasteiger partial charge < -0.3 is 10.2 Å². The van der Waals surface area contributed by atoms with E-state index in [1.165, 1.54) is 15.6 Å². The Hall–Kier alpha value is -2.72. The first-order valence-electron chi connectivity index (χ1n) is 9.85. The number of carbonyl (C=O) groups is 2. The van der Waals surface area contributed by atoms with Crippen molar-refractivity contribution in [1.82, 2.24) is 9.21 Å². The van der Waals surface area contributed by atoms with Crippen molar-refractivity contribution in [3.8, 4) is 0 Å². The maximum absolute atomic E-state index is 13.0. The Labute approximate surface area is 195 Å². The number of anilines is 1. The minimum absolute atomic E-state index is 0.207. The first-order chi connectivity index (χ1) is 15.4. The number of rotatable bonds is 5. The molecule has 0 bridgehead atoms. The minimum Gasteiger partial charge on any atom is -0.336 e. The molecule has 10 heteroatoms. The molecule has 3 aromatic rings. The molecule has 1 saturated heterocycles. The molecule has 2 amide bonds. The van der Waals surface area contributed by atoms with E-state index in [0.29, 0.717) is 21.2 Å². The summed E-state index contributed by atoms with van der Waals surface area (Å²) in [7, 11) is -3.59. The number of hydrogen-bond donors (Lipinski definition) is 1. The van der Waals surface area contributed by atoms with Gasteiger partial charge in [-0.25, -0.2) is 8.42 Å². The summed E-state index contributed by atoms with van der Waals surface area (Å²) in [5.74, 6) is -0.545. The zero-order chi connectivity index (χ0) is 22.7. The van der Waals surface area contributed by atoms with Crippen molar-refractivity contribution < 1.29 is 18.0 Å². The van der Waals surface area contributed by atoms with Crippen LogP contribution in [0, 0.1) is 0 Å². The monoisotopic (exact) mass is 489 g/mol. The first kappa shape index (κ1) is 22.5. The van der Waals surface area contributed by atoms with Gasteiger partial charge in [0.1, 0.15) is 0 Å². The number of piperazine rings is 1. The molecule has 1 aliphatic heterocycles. The number of carbonyl (C=O) groups excluding carboxylic acids is 2. The lowest BCUT2D eigenvalue weighted by atomic mass is 10.1. The molecule has 1 aromatic heterocycles. The lowest BCUT2D eigenvalue weighted by Crippen LogP contribution is -2.50. The van der Waals surface area contributed by atoms with Crippen LogP contribution in [0.4, 0.5) is 5.69 Å². The molecular weight excluding hydrogens is 470 g/mol. The Kier molecular flexibility index (Phi) is 6.61. The zero-order valence-electron chi connectivity index (χ0n) is 16.9. The molecule has 0 spiro atoms. The maximum atomic E-state index is 13.0. The van der Waals surface area contributed by atoms with Crippen LogP contribution in [-0.4, -0.2) is 55.6 Å². The van der Waals surface area contributed by atoms with Crippen LogP contribution in [0.1, 0.15) is 20.0 Å². The van der Waals surface area contributed by atoms with E-state index >= 15 is 0 Å². The largest absolute Gasteiger partial charge is 0.336 e. The smallest absolute Gasteiger partial charge is 0.265 e. The highest BCUT2D eigenvalue weighted by molar-refractivity contribution is 7.89. The predicted molar refractivity (Wildman–Crippen MR) is 125 cm³/mol. The lowest BCUT2D eigenvalue weighted by molar-refractivity contribution is 0.0697. The number of nitrogens with one attached hydrogen (secondary N) is 1. The number of sulfonamides is 1. The van der Waals surface area contributed by atoms with Crippen molar-refractivity contribution in [2.24, 2.45) is 0 Å². The van der Waals surface area contributed by atoms with Crippen molar-refractivity contribution in [1.29, 1.82) is 0 Å².